The second-order valence-electron chi connectivity index (χ2n) is 3.29. The lowest BCUT2D eigenvalue weighted by Crippen LogP contribution is -2.26. The van der Waals surface area contributed by atoms with Gasteiger partial charge in [-0.05, 0) is 32.7 Å². The molecule has 1 unspecified atom stereocenters. The topological polar surface area (TPSA) is 3.24 Å². The minimum Gasteiger partial charge on any atom is -0.300 e. The van der Waals surface area contributed by atoms with Crippen LogP contribution in [0.15, 0.2) is 0 Å². The summed E-state index contributed by atoms with van der Waals surface area (Å²) in [5.41, 5.74) is 0. The molecule has 10 heavy (non-hydrogen) atoms. The molecule has 3 aliphatic rings. The Morgan fingerprint density at radius 1 is 1.20 bits per heavy atom. The van der Waals surface area contributed by atoms with Crippen LogP contribution in [0.3, 0.4) is 0 Å². The van der Waals surface area contributed by atoms with Crippen LogP contribution in [0.5, 0.6) is 0 Å². The quantitative estimate of drug-likeness (QED) is 0.499. The number of hydrogen-bond donors (Lipinski definition) is 0. The van der Waals surface area contributed by atoms with Gasteiger partial charge in [-0.2, -0.15) is 0 Å². The molecule has 1 aliphatic carbocycles. The van der Waals surface area contributed by atoms with E-state index in [1.165, 1.54) is 12.8 Å². The van der Waals surface area contributed by atoms with Crippen molar-refractivity contribution in [1.29, 1.82) is 0 Å². The zero-order valence-corrected chi connectivity index (χ0v) is 7.59. The second-order valence-corrected chi connectivity index (χ2v) is 3.29. The van der Waals surface area contributed by atoms with Crippen molar-refractivity contribution in [3.05, 3.63) is 0 Å². The first-order valence-corrected chi connectivity index (χ1v) is 4.51. The zero-order valence-electron chi connectivity index (χ0n) is 7.59. The lowest BCUT2D eigenvalue weighted by atomic mass is 9.83. The van der Waals surface area contributed by atoms with Gasteiger partial charge in [0.1, 0.15) is 0 Å². The summed E-state index contributed by atoms with van der Waals surface area (Å²) in [6.45, 7) is 6.34. The predicted octanol–water partition coefficient (Wildman–Crippen LogP) is 2.13. The molecule has 0 aromatic rings. The molecule has 1 saturated carbocycles. The van der Waals surface area contributed by atoms with Gasteiger partial charge in [-0.15, -0.1) is 0 Å². The third-order valence-electron chi connectivity index (χ3n) is 3.05. The fraction of sp³-hybridized carbons (Fsp3) is 1.00. The Hall–Kier alpha value is -0.0400. The van der Waals surface area contributed by atoms with Gasteiger partial charge in [0.15, 0.2) is 0 Å². The van der Waals surface area contributed by atoms with Gasteiger partial charge >= 0.3 is 0 Å². The first-order valence-electron chi connectivity index (χ1n) is 4.51. The molecule has 0 spiro atoms. The van der Waals surface area contributed by atoms with E-state index in [1.54, 1.807) is 0 Å². The van der Waals surface area contributed by atoms with E-state index in [0.29, 0.717) is 0 Å². The van der Waals surface area contributed by atoms with Crippen molar-refractivity contribution in [3.8, 4) is 0 Å². The fourth-order valence-electron chi connectivity index (χ4n) is 2.02. The maximum Gasteiger partial charge on any atom is 0.0102 e. The summed E-state index contributed by atoms with van der Waals surface area (Å²) in [4.78, 5) is 2.52. The van der Waals surface area contributed by atoms with Gasteiger partial charge in [0.25, 0.3) is 0 Å². The Morgan fingerprint density at radius 2 is 1.70 bits per heavy atom. The monoisotopic (exact) mass is 141 g/mol. The van der Waals surface area contributed by atoms with Crippen molar-refractivity contribution in [2.75, 3.05) is 7.05 Å². The molecule has 2 saturated heterocycles. The highest BCUT2D eigenvalue weighted by Crippen LogP contribution is 2.44. The van der Waals surface area contributed by atoms with Crippen LogP contribution in [0.1, 0.15) is 33.6 Å². The molecule has 2 bridgehead atoms. The van der Waals surface area contributed by atoms with Gasteiger partial charge in [0, 0.05) is 12.1 Å². The van der Waals surface area contributed by atoms with Crippen LogP contribution in [0.25, 0.3) is 0 Å². The lowest BCUT2D eigenvalue weighted by Gasteiger charge is -2.23. The lowest BCUT2D eigenvalue weighted by molar-refractivity contribution is 0.274. The van der Waals surface area contributed by atoms with E-state index in [4.69, 9.17) is 0 Å². The summed E-state index contributed by atoms with van der Waals surface area (Å²) < 4.78 is 0. The number of fused-ring (bicyclic) bond motifs is 1. The Kier molecular flexibility index (Phi) is 2.35. The van der Waals surface area contributed by atoms with E-state index in [0.717, 1.165) is 18.0 Å². The van der Waals surface area contributed by atoms with E-state index < -0.39 is 0 Å². The molecule has 0 aromatic carbocycles. The Labute approximate surface area is 64.4 Å². The normalized spacial score (nSPS) is 43.8. The summed E-state index contributed by atoms with van der Waals surface area (Å²) in [6, 6.07) is 1.86. The Bertz CT molecular complexity index is 93.3. The Balaban J connectivity index is 0.000000231. The van der Waals surface area contributed by atoms with Crippen molar-refractivity contribution in [3.63, 3.8) is 0 Å². The van der Waals surface area contributed by atoms with E-state index in [1.807, 2.05) is 13.8 Å². The number of nitrogens with zero attached hydrogens (tertiary/aromatic N) is 1. The van der Waals surface area contributed by atoms with Crippen molar-refractivity contribution >= 4 is 0 Å². The van der Waals surface area contributed by atoms with E-state index in [2.05, 4.69) is 18.9 Å². The highest BCUT2D eigenvalue weighted by Gasteiger charge is 2.45. The van der Waals surface area contributed by atoms with Crippen LogP contribution in [0.4, 0.5) is 0 Å². The molecular weight excluding hydrogens is 122 g/mol. The third kappa shape index (κ3) is 0.968. The summed E-state index contributed by atoms with van der Waals surface area (Å²) in [6.07, 6.45) is 2.97. The van der Waals surface area contributed by atoms with E-state index in [-0.39, 0.29) is 0 Å². The standard InChI is InChI=1S/C7H13N.C2H6/c1-5-6-3-7(4-6)8(5)2;1-2/h5-7H,3-4H2,1-2H3;1-2H3. The van der Waals surface area contributed by atoms with E-state index in [9.17, 15) is 0 Å². The molecule has 60 valence electrons. The SMILES string of the molecule is CC.CC1C2CC(C2)N1C. The van der Waals surface area contributed by atoms with Crippen LogP contribution in [0.2, 0.25) is 0 Å². The van der Waals surface area contributed by atoms with Crippen LogP contribution in [0, 0.1) is 5.92 Å². The molecule has 0 aromatic heterocycles. The molecular formula is C9H19N. The first kappa shape index (κ1) is 8.06. The highest BCUT2D eigenvalue weighted by molar-refractivity contribution is 5.00. The van der Waals surface area contributed by atoms with Crippen molar-refractivity contribution in [1.82, 2.24) is 4.90 Å². The van der Waals surface area contributed by atoms with Crippen LogP contribution < -0.4 is 0 Å². The van der Waals surface area contributed by atoms with Crippen LogP contribution in [-0.4, -0.2) is 24.0 Å². The zero-order chi connectivity index (χ0) is 7.72. The van der Waals surface area contributed by atoms with Gasteiger partial charge in [-0.25, -0.2) is 0 Å². The van der Waals surface area contributed by atoms with Gasteiger partial charge < -0.3 is 4.90 Å². The maximum absolute atomic E-state index is 2.52. The summed E-state index contributed by atoms with van der Waals surface area (Å²) in [5.74, 6) is 1.06. The smallest absolute Gasteiger partial charge is 0.0102 e. The maximum atomic E-state index is 2.52. The van der Waals surface area contributed by atoms with Gasteiger partial charge in [-0.1, -0.05) is 13.8 Å². The van der Waals surface area contributed by atoms with Crippen LogP contribution >= 0.6 is 0 Å². The molecule has 0 radical (unpaired) electrons. The molecule has 1 heteroatoms. The number of rotatable bonds is 0. The van der Waals surface area contributed by atoms with Crippen LogP contribution in [-0.2, 0) is 0 Å². The number of hydrogen-bond acceptors (Lipinski definition) is 1. The average molecular weight is 141 g/mol. The minimum atomic E-state index is 0.889. The molecule has 2 aliphatic heterocycles. The minimum absolute atomic E-state index is 0.889. The molecule has 3 rings (SSSR count). The fourth-order valence-corrected chi connectivity index (χ4v) is 2.02. The molecule has 2 heterocycles. The van der Waals surface area contributed by atoms with Gasteiger partial charge in [0.05, 0.1) is 0 Å². The molecule has 0 N–H and O–H groups in total. The molecule has 0 amide bonds. The largest absolute Gasteiger partial charge is 0.300 e. The summed E-state index contributed by atoms with van der Waals surface area (Å²) in [7, 11) is 2.25. The first-order chi connectivity index (χ1) is 4.79. The predicted molar refractivity (Wildman–Crippen MR) is 45.1 cm³/mol. The van der Waals surface area contributed by atoms with Crippen molar-refractivity contribution < 1.29 is 0 Å². The highest BCUT2D eigenvalue weighted by atomic mass is 15.2. The molecule has 1 nitrogen and oxygen atoms in total. The van der Waals surface area contributed by atoms with Crippen molar-refractivity contribution in [2.45, 2.75) is 45.7 Å². The summed E-state index contributed by atoms with van der Waals surface area (Å²) in [5, 5.41) is 0. The second kappa shape index (κ2) is 2.91. The molecule has 3 fully saturated rings. The van der Waals surface area contributed by atoms with E-state index >= 15 is 0 Å². The van der Waals surface area contributed by atoms with Gasteiger partial charge in [-0.3, -0.25) is 0 Å². The van der Waals surface area contributed by atoms with Crippen molar-refractivity contribution in [2.24, 2.45) is 5.92 Å². The average Bonchev–Trinajstić information content (AvgIpc) is 2.24. The third-order valence-corrected chi connectivity index (χ3v) is 3.05. The molecule has 1 atom stereocenters. The van der Waals surface area contributed by atoms with Gasteiger partial charge in [0.2, 0.25) is 0 Å². The Morgan fingerprint density at radius 3 is 1.80 bits per heavy atom. The summed E-state index contributed by atoms with van der Waals surface area (Å²) >= 11 is 0.